The summed E-state index contributed by atoms with van der Waals surface area (Å²) in [5.41, 5.74) is 0. The molecule has 1 unspecified atom stereocenters. The van der Waals surface area contributed by atoms with Gasteiger partial charge >= 0.3 is 0 Å². The number of hydrogen-bond acceptors (Lipinski definition) is 4. The van der Waals surface area contributed by atoms with Gasteiger partial charge in [0.1, 0.15) is 0 Å². The Morgan fingerprint density at radius 3 is 2.78 bits per heavy atom. The molecule has 1 aliphatic rings. The van der Waals surface area contributed by atoms with Gasteiger partial charge in [-0.25, -0.2) is 0 Å². The number of piperidine rings is 1. The van der Waals surface area contributed by atoms with Gasteiger partial charge in [-0.15, -0.1) is 0 Å². The van der Waals surface area contributed by atoms with Crippen molar-refractivity contribution in [1.82, 2.24) is 15.5 Å². The second-order valence-corrected chi connectivity index (χ2v) is 4.90. The molecule has 1 rings (SSSR count). The lowest BCUT2D eigenvalue weighted by atomic mass is 10.1. The summed E-state index contributed by atoms with van der Waals surface area (Å²) in [4.78, 5) is 13.9. The van der Waals surface area contributed by atoms with Crippen LogP contribution in [0.3, 0.4) is 0 Å². The standard InChI is InChI=1S/C13H24N4O/c1-12(11-17-8-3-2-4-9-17)16-10-13(18)15-7-5-6-14/h12,16H,2-5,7-11H2,1H3,(H,15,18). The van der Waals surface area contributed by atoms with Crippen LogP contribution in [0.5, 0.6) is 0 Å². The highest BCUT2D eigenvalue weighted by atomic mass is 16.1. The summed E-state index contributed by atoms with van der Waals surface area (Å²) in [6.45, 7) is 6.25. The fraction of sp³-hybridized carbons (Fsp3) is 0.846. The van der Waals surface area contributed by atoms with E-state index in [4.69, 9.17) is 5.26 Å². The van der Waals surface area contributed by atoms with Crippen LogP contribution in [0.4, 0.5) is 0 Å². The molecule has 0 spiro atoms. The summed E-state index contributed by atoms with van der Waals surface area (Å²) in [5, 5.41) is 14.3. The normalized spacial score (nSPS) is 18.0. The minimum atomic E-state index is -0.0317. The molecule has 1 amide bonds. The predicted molar refractivity (Wildman–Crippen MR) is 71.0 cm³/mol. The number of nitrogens with zero attached hydrogens (tertiary/aromatic N) is 2. The van der Waals surface area contributed by atoms with E-state index in [0.717, 1.165) is 6.54 Å². The number of likely N-dealkylation sites (tertiary alicyclic amines) is 1. The first-order valence-electron chi connectivity index (χ1n) is 6.81. The molecule has 102 valence electrons. The van der Waals surface area contributed by atoms with Gasteiger partial charge in [-0.05, 0) is 32.9 Å². The van der Waals surface area contributed by atoms with E-state index in [0.29, 0.717) is 25.6 Å². The van der Waals surface area contributed by atoms with E-state index in [9.17, 15) is 4.79 Å². The molecule has 5 nitrogen and oxygen atoms in total. The van der Waals surface area contributed by atoms with Crippen LogP contribution in [-0.2, 0) is 4.79 Å². The van der Waals surface area contributed by atoms with Crippen LogP contribution in [0.2, 0.25) is 0 Å². The first kappa shape index (κ1) is 14.9. The quantitative estimate of drug-likeness (QED) is 0.647. The lowest BCUT2D eigenvalue weighted by molar-refractivity contribution is -0.120. The molecule has 1 heterocycles. The Bertz CT molecular complexity index is 281. The lowest BCUT2D eigenvalue weighted by Gasteiger charge is -2.29. The van der Waals surface area contributed by atoms with Gasteiger partial charge in [-0.3, -0.25) is 4.79 Å². The average molecular weight is 252 g/mol. The van der Waals surface area contributed by atoms with Crippen LogP contribution in [0, 0.1) is 11.3 Å². The van der Waals surface area contributed by atoms with Crippen molar-refractivity contribution in [1.29, 1.82) is 5.26 Å². The Morgan fingerprint density at radius 2 is 2.11 bits per heavy atom. The van der Waals surface area contributed by atoms with E-state index in [-0.39, 0.29) is 5.91 Å². The highest BCUT2D eigenvalue weighted by Crippen LogP contribution is 2.08. The molecule has 18 heavy (non-hydrogen) atoms. The zero-order valence-corrected chi connectivity index (χ0v) is 11.2. The number of hydrogen-bond donors (Lipinski definition) is 2. The Labute approximate surface area is 110 Å². The Balaban J connectivity index is 2.06. The van der Waals surface area contributed by atoms with Crippen LogP contribution >= 0.6 is 0 Å². The molecule has 0 aromatic carbocycles. The summed E-state index contributed by atoms with van der Waals surface area (Å²) in [6, 6.07) is 2.32. The maximum absolute atomic E-state index is 11.4. The van der Waals surface area contributed by atoms with Crippen molar-refractivity contribution in [2.45, 2.75) is 38.6 Å². The zero-order chi connectivity index (χ0) is 13.2. The second kappa shape index (κ2) is 8.90. The molecule has 2 N–H and O–H groups in total. The number of rotatable bonds is 7. The molecule has 0 saturated carbocycles. The zero-order valence-electron chi connectivity index (χ0n) is 11.2. The third-order valence-electron chi connectivity index (χ3n) is 3.15. The SMILES string of the molecule is CC(CN1CCCCC1)NCC(=O)NCCC#N. The van der Waals surface area contributed by atoms with Gasteiger partial charge in [0.05, 0.1) is 19.0 Å². The number of nitrogens with one attached hydrogen (secondary N) is 2. The third-order valence-corrected chi connectivity index (χ3v) is 3.15. The predicted octanol–water partition coefficient (Wildman–Crippen LogP) is 0.480. The topological polar surface area (TPSA) is 68.2 Å². The minimum absolute atomic E-state index is 0.0317. The van der Waals surface area contributed by atoms with Crippen LogP contribution < -0.4 is 10.6 Å². The van der Waals surface area contributed by atoms with Gasteiger partial charge in [0.25, 0.3) is 0 Å². The smallest absolute Gasteiger partial charge is 0.233 e. The van der Waals surface area contributed by atoms with E-state index in [2.05, 4.69) is 22.5 Å². The fourth-order valence-corrected chi connectivity index (χ4v) is 2.18. The summed E-state index contributed by atoms with van der Waals surface area (Å²) < 4.78 is 0. The third kappa shape index (κ3) is 6.58. The van der Waals surface area contributed by atoms with Crippen molar-refractivity contribution in [3.63, 3.8) is 0 Å². The van der Waals surface area contributed by atoms with E-state index in [1.807, 2.05) is 6.07 Å². The first-order chi connectivity index (χ1) is 8.72. The van der Waals surface area contributed by atoms with Gasteiger partial charge in [-0.2, -0.15) is 5.26 Å². The van der Waals surface area contributed by atoms with Crippen LogP contribution in [0.25, 0.3) is 0 Å². The number of nitriles is 1. The van der Waals surface area contributed by atoms with E-state index in [1.54, 1.807) is 0 Å². The molecule has 0 radical (unpaired) electrons. The monoisotopic (exact) mass is 252 g/mol. The molecule has 5 heteroatoms. The summed E-state index contributed by atoms with van der Waals surface area (Å²) >= 11 is 0. The fourth-order valence-electron chi connectivity index (χ4n) is 2.18. The molecule has 1 aliphatic heterocycles. The number of carbonyl (C=O) groups is 1. The molecule has 0 aromatic rings. The Hall–Kier alpha value is -1.12. The molecular formula is C13H24N4O. The molecule has 0 aromatic heterocycles. The summed E-state index contributed by atoms with van der Waals surface area (Å²) in [6.07, 6.45) is 4.30. The second-order valence-electron chi connectivity index (χ2n) is 4.90. The molecule has 1 atom stereocenters. The van der Waals surface area contributed by atoms with Crippen LogP contribution in [-0.4, -0.2) is 49.6 Å². The van der Waals surface area contributed by atoms with Gasteiger partial charge in [0.15, 0.2) is 0 Å². The van der Waals surface area contributed by atoms with E-state index >= 15 is 0 Å². The lowest BCUT2D eigenvalue weighted by Crippen LogP contribution is -2.45. The van der Waals surface area contributed by atoms with Crippen molar-refractivity contribution in [2.75, 3.05) is 32.7 Å². The van der Waals surface area contributed by atoms with Gasteiger partial charge < -0.3 is 15.5 Å². The average Bonchev–Trinajstić information content (AvgIpc) is 2.38. The van der Waals surface area contributed by atoms with Crippen molar-refractivity contribution in [3.05, 3.63) is 0 Å². The molecule has 1 fully saturated rings. The van der Waals surface area contributed by atoms with Gasteiger partial charge in [0, 0.05) is 19.1 Å². The highest BCUT2D eigenvalue weighted by Gasteiger charge is 2.13. The molecule has 1 saturated heterocycles. The summed E-state index contributed by atoms with van der Waals surface area (Å²) in [5.74, 6) is -0.0317. The maximum Gasteiger partial charge on any atom is 0.233 e. The Morgan fingerprint density at radius 1 is 1.39 bits per heavy atom. The van der Waals surface area contributed by atoms with Crippen molar-refractivity contribution in [3.8, 4) is 6.07 Å². The first-order valence-corrected chi connectivity index (χ1v) is 6.81. The molecule has 0 bridgehead atoms. The highest BCUT2D eigenvalue weighted by molar-refractivity contribution is 5.77. The molecular weight excluding hydrogens is 228 g/mol. The number of amides is 1. The molecule has 0 aliphatic carbocycles. The summed E-state index contributed by atoms with van der Waals surface area (Å²) in [7, 11) is 0. The minimum Gasteiger partial charge on any atom is -0.354 e. The van der Waals surface area contributed by atoms with E-state index in [1.165, 1.54) is 32.4 Å². The van der Waals surface area contributed by atoms with Gasteiger partial charge in [0.2, 0.25) is 5.91 Å². The van der Waals surface area contributed by atoms with Crippen LogP contribution in [0.1, 0.15) is 32.6 Å². The van der Waals surface area contributed by atoms with Crippen molar-refractivity contribution in [2.24, 2.45) is 0 Å². The van der Waals surface area contributed by atoms with Crippen LogP contribution in [0.15, 0.2) is 0 Å². The van der Waals surface area contributed by atoms with Crippen molar-refractivity contribution >= 4 is 5.91 Å². The van der Waals surface area contributed by atoms with E-state index < -0.39 is 0 Å². The largest absolute Gasteiger partial charge is 0.354 e. The maximum atomic E-state index is 11.4. The number of carbonyl (C=O) groups excluding carboxylic acids is 1. The Kier molecular flexibility index (Phi) is 7.38. The van der Waals surface area contributed by atoms with Gasteiger partial charge in [-0.1, -0.05) is 6.42 Å². The van der Waals surface area contributed by atoms with Crippen molar-refractivity contribution < 1.29 is 4.79 Å².